The fourth-order valence-electron chi connectivity index (χ4n) is 4.23. The van der Waals surface area contributed by atoms with E-state index in [1.807, 2.05) is 74.5 Å². The molecule has 0 saturated carbocycles. The molecule has 37 heavy (non-hydrogen) atoms. The molecule has 188 valence electrons. The smallest absolute Gasteiger partial charge is 0.248 e. The third kappa shape index (κ3) is 5.43. The maximum atomic E-state index is 12.3. The zero-order chi connectivity index (χ0) is 25.9. The highest BCUT2D eigenvalue weighted by molar-refractivity contribution is 6.30. The number of hydrazone groups is 1. The first-order valence-electron chi connectivity index (χ1n) is 11.9. The Bertz CT molecular complexity index is 1450. The summed E-state index contributed by atoms with van der Waals surface area (Å²) in [6, 6.07) is 23.0. The highest BCUT2D eigenvalue weighted by Crippen LogP contribution is 2.34. The largest absolute Gasteiger partial charge is 0.459 e. The van der Waals surface area contributed by atoms with Crippen LogP contribution in [0.25, 0.3) is 22.6 Å². The molecule has 0 N–H and O–H groups in total. The number of nitrogens with zero attached hydrogens (tertiary/aromatic N) is 3. The van der Waals surface area contributed by atoms with Gasteiger partial charge in [-0.3, -0.25) is 4.79 Å². The van der Waals surface area contributed by atoms with Gasteiger partial charge in [-0.05, 0) is 66.9 Å². The van der Waals surface area contributed by atoms with Gasteiger partial charge in [-0.1, -0.05) is 48.0 Å². The van der Waals surface area contributed by atoms with Crippen molar-refractivity contribution in [1.82, 2.24) is 9.99 Å². The second-order valence-electron chi connectivity index (χ2n) is 8.80. The number of hydrogen-bond acceptors (Lipinski definition) is 6. The van der Waals surface area contributed by atoms with E-state index in [2.05, 4.69) is 10.1 Å². The first-order chi connectivity index (χ1) is 17.9. The van der Waals surface area contributed by atoms with Crippen LogP contribution in [0.15, 0.2) is 82.3 Å². The number of methoxy groups -OCH3 is 1. The van der Waals surface area contributed by atoms with E-state index in [1.165, 1.54) is 5.01 Å². The molecule has 0 saturated heterocycles. The molecule has 4 aromatic rings. The van der Waals surface area contributed by atoms with Gasteiger partial charge < -0.3 is 13.9 Å². The van der Waals surface area contributed by atoms with Gasteiger partial charge in [0.15, 0.2) is 5.69 Å². The Labute approximate surface area is 220 Å². The molecule has 0 spiro atoms. The number of aryl methyl sites for hydroxylation is 1. The lowest BCUT2D eigenvalue weighted by molar-refractivity contribution is -0.129. The van der Waals surface area contributed by atoms with Crippen molar-refractivity contribution in [1.29, 1.82) is 0 Å². The number of rotatable bonds is 8. The van der Waals surface area contributed by atoms with E-state index in [0.717, 1.165) is 28.0 Å². The Morgan fingerprint density at radius 2 is 1.78 bits per heavy atom. The van der Waals surface area contributed by atoms with Crippen LogP contribution in [0.4, 0.5) is 0 Å². The Kier molecular flexibility index (Phi) is 7.08. The molecule has 1 amide bonds. The third-order valence-electron chi connectivity index (χ3n) is 6.08. The Balaban J connectivity index is 1.44. The summed E-state index contributed by atoms with van der Waals surface area (Å²) >= 11 is 6.01. The zero-order valence-corrected chi connectivity index (χ0v) is 21.5. The van der Waals surface area contributed by atoms with Crippen molar-refractivity contribution in [2.45, 2.75) is 33.1 Å². The molecule has 1 aromatic heterocycles. The Morgan fingerprint density at radius 1 is 1.03 bits per heavy atom. The average molecular weight is 516 g/mol. The molecule has 3 aromatic carbocycles. The Hall–Kier alpha value is -3.94. The number of halogens is 1. The summed E-state index contributed by atoms with van der Waals surface area (Å²) in [5.74, 6) is 1.64. The van der Waals surface area contributed by atoms with Crippen LogP contribution < -0.4 is 4.74 Å². The van der Waals surface area contributed by atoms with Crippen molar-refractivity contribution in [2.75, 3.05) is 7.11 Å². The molecule has 1 unspecified atom stereocenters. The van der Waals surface area contributed by atoms with Gasteiger partial charge in [0.2, 0.25) is 18.1 Å². The predicted octanol–water partition coefficient (Wildman–Crippen LogP) is 6.80. The first-order valence-corrected chi connectivity index (χ1v) is 12.2. The number of ether oxygens (including phenoxy) is 2. The lowest BCUT2D eigenvalue weighted by atomic mass is 9.99. The summed E-state index contributed by atoms with van der Waals surface area (Å²) in [4.78, 5) is 17.0. The number of benzene rings is 3. The SMILES string of the molecule is COC(Oc1ccc(CN2N=C(C)CC2=O)c(-c2ccccc2)c1)c1nc(-c2ccc(Cl)cc2)oc1C. The van der Waals surface area contributed by atoms with E-state index in [9.17, 15) is 4.79 Å². The lowest BCUT2D eigenvalue weighted by Crippen LogP contribution is -2.20. The van der Waals surface area contributed by atoms with Crippen LogP contribution >= 0.6 is 11.6 Å². The highest BCUT2D eigenvalue weighted by Gasteiger charge is 2.25. The number of carbonyl (C=O) groups excluding carboxylic acids is 1. The van der Waals surface area contributed by atoms with E-state index in [-0.39, 0.29) is 5.91 Å². The number of carbonyl (C=O) groups is 1. The maximum absolute atomic E-state index is 12.3. The van der Waals surface area contributed by atoms with Gasteiger partial charge in [-0.15, -0.1) is 0 Å². The number of aromatic nitrogens is 1. The second-order valence-corrected chi connectivity index (χ2v) is 9.24. The minimum absolute atomic E-state index is 0.00529. The summed E-state index contributed by atoms with van der Waals surface area (Å²) in [6.07, 6.45) is -0.432. The average Bonchev–Trinajstić information content (AvgIpc) is 3.44. The summed E-state index contributed by atoms with van der Waals surface area (Å²) < 4.78 is 17.8. The third-order valence-corrected chi connectivity index (χ3v) is 6.33. The molecule has 5 rings (SSSR count). The minimum Gasteiger partial charge on any atom is -0.459 e. The number of amides is 1. The van der Waals surface area contributed by atoms with Crippen LogP contribution in [0.1, 0.15) is 36.7 Å². The van der Waals surface area contributed by atoms with Gasteiger partial charge in [0.25, 0.3) is 0 Å². The van der Waals surface area contributed by atoms with E-state index >= 15 is 0 Å². The molecule has 7 nitrogen and oxygen atoms in total. The van der Waals surface area contributed by atoms with Crippen LogP contribution in [0.3, 0.4) is 0 Å². The van der Waals surface area contributed by atoms with Crippen molar-refractivity contribution < 1.29 is 18.7 Å². The van der Waals surface area contributed by atoms with Crippen LogP contribution in [-0.2, 0) is 16.1 Å². The molecule has 0 radical (unpaired) electrons. The van der Waals surface area contributed by atoms with Crippen molar-refractivity contribution in [3.63, 3.8) is 0 Å². The molecule has 2 heterocycles. The van der Waals surface area contributed by atoms with Crippen molar-refractivity contribution in [3.8, 4) is 28.3 Å². The van der Waals surface area contributed by atoms with Gasteiger partial charge in [0, 0.05) is 23.4 Å². The predicted molar refractivity (Wildman–Crippen MR) is 142 cm³/mol. The van der Waals surface area contributed by atoms with E-state index in [1.54, 1.807) is 19.2 Å². The van der Waals surface area contributed by atoms with Crippen LogP contribution in [0.2, 0.25) is 5.02 Å². The fourth-order valence-corrected chi connectivity index (χ4v) is 4.35. The summed E-state index contributed by atoms with van der Waals surface area (Å²) in [7, 11) is 1.56. The quantitative estimate of drug-likeness (QED) is 0.241. The van der Waals surface area contributed by atoms with E-state index < -0.39 is 6.29 Å². The van der Waals surface area contributed by atoms with Crippen LogP contribution in [0.5, 0.6) is 5.75 Å². The number of oxazole rings is 1. The number of hydrogen-bond donors (Lipinski definition) is 0. The maximum Gasteiger partial charge on any atom is 0.248 e. The lowest BCUT2D eigenvalue weighted by Gasteiger charge is -2.19. The van der Waals surface area contributed by atoms with Crippen LogP contribution in [0, 0.1) is 6.92 Å². The molecular weight excluding hydrogens is 490 g/mol. The van der Waals surface area contributed by atoms with Gasteiger partial charge in [0.1, 0.15) is 11.5 Å². The molecule has 1 aliphatic rings. The monoisotopic (exact) mass is 515 g/mol. The van der Waals surface area contributed by atoms with Crippen molar-refractivity contribution >= 4 is 23.2 Å². The molecule has 0 fully saturated rings. The van der Waals surface area contributed by atoms with E-state index in [0.29, 0.717) is 41.1 Å². The van der Waals surface area contributed by atoms with Crippen molar-refractivity contribution in [2.24, 2.45) is 5.10 Å². The van der Waals surface area contributed by atoms with E-state index in [4.69, 9.17) is 25.5 Å². The minimum atomic E-state index is -0.785. The van der Waals surface area contributed by atoms with Crippen LogP contribution in [-0.4, -0.2) is 28.7 Å². The zero-order valence-electron chi connectivity index (χ0n) is 20.8. The topological polar surface area (TPSA) is 77.2 Å². The fraction of sp³-hybridized carbons (Fsp3) is 0.207. The normalized spacial score (nSPS) is 14.1. The summed E-state index contributed by atoms with van der Waals surface area (Å²) in [5, 5.41) is 6.55. The standard InChI is InChI=1S/C29H26ClN3O4/c1-18-15-26(34)33(32-18)17-22-11-14-24(16-25(22)20-7-5-4-6-8-20)37-29(35-3)27-19(2)36-28(31-27)21-9-12-23(30)13-10-21/h4-14,16,29H,15,17H2,1-3H3. The van der Waals surface area contributed by atoms with Crippen molar-refractivity contribution in [3.05, 3.63) is 94.8 Å². The Morgan fingerprint density at radius 3 is 2.46 bits per heavy atom. The molecule has 0 bridgehead atoms. The molecular formula is C29H26ClN3O4. The second kappa shape index (κ2) is 10.6. The first kappa shape index (κ1) is 24.7. The molecule has 1 aliphatic heterocycles. The highest BCUT2D eigenvalue weighted by atomic mass is 35.5. The van der Waals surface area contributed by atoms with Gasteiger partial charge in [-0.25, -0.2) is 9.99 Å². The summed E-state index contributed by atoms with van der Waals surface area (Å²) in [6.45, 7) is 4.06. The molecule has 8 heteroatoms. The molecule has 1 atom stereocenters. The van der Waals surface area contributed by atoms with Gasteiger partial charge >= 0.3 is 0 Å². The van der Waals surface area contributed by atoms with Gasteiger partial charge in [-0.2, -0.15) is 5.10 Å². The summed E-state index contributed by atoms with van der Waals surface area (Å²) in [5.41, 5.74) is 5.08. The molecule has 0 aliphatic carbocycles. The van der Waals surface area contributed by atoms with Gasteiger partial charge in [0.05, 0.1) is 13.0 Å².